The molecular weight excluding hydrogens is 1220 g/mol. The van der Waals surface area contributed by atoms with Gasteiger partial charge in [-0.05, 0) is 116 Å². The molecule has 3 N–H and O–H groups in total. The Bertz CT molecular complexity index is 3680. The summed E-state index contributed by atoms with van der Waals surface area (Å²) in [5.41, 5.74) is 9.96. The third kappa shape index (κ3) is 14.5. The van der Waals surface area contributed by atoms with Crippen molar-refractivity contribution >= 4 is 64.3 Å². The van der Waals surface area contributed by atoms with Crippen LogP contribution in [0.25, 0.3) is 16.1 Å². The number of aromatic nitrogens is 4. The molecule has 4 amide bonds. The zero-order chi connectivity index (χ0) is 65.3. The maximum Gasteiger partial charge on any atom is 0.326 e. The molecule has 0 unspecified atom stereocenters. The molecule has 24 heteroatoms. The zero-order valence-corrected chi connectivity index (χ0v) is 55.0. The Morgan fingerprint density at radius 2 is 1.47 bits per heavy atom. The molecule has 2 saturated heterocycles. The first-order valence-electron chi connectivity index (χ1n) is 31.4. The Hall–Kier alpha value is -7.75. The number of nitrogen functional groups attached to an aromatic ring is 1. The lowest BCUT2D eigenvalue weighted by molar-refractivity contribution is -0.122. The highest BCUT2D eigenvalue weighted by molar-refractivity contribution is 6.30. The van der Waals surface area contributed by atoms with Crippen molar-refractivity contribution in [3.05, 3.63) is 157 Å². The Morgan fingerprint density at radius 3 is 2.12 bits per heavy atom. The van der Waals surface area contributed by atoms with Gasteiger partial charge in [-0.2, -0.15) is 4.68 Å². The van der Waals surface area contributed by atoms with E-state index in [1.54, 1.807) is 7.05 Å². The fourth-order valence-electron chi connectivity index (χ4n) is 12.5. The number of hydrogen-bond donors (Lipinski definition) is 2. The van der Waals surface area contributed by atoms with Gasteiger partial charge in [0.2, 0.25) is 5.91 Å². The highest BCUT2D eigenvalue weighted by Crippen LogP contribution is 2.54. The van der Waals surface area contributed by atoms with Gasteiger partial charge < -0.3 is 54.3 Å². The average Bonchev–Trinajstić information content (AvgIpc) is 1.52. The van der Waals surface area contributed by atoms with Crippen molar-refractivity contribution in [3.63, 3.8) is 0 Å². The highest BCUT2D eigenvalue weighted by Gasteiger charge is 2.60. The number of nitrogens with two attached hydrogens (primary N) is 1. The molecule has 0 spiro atoms. The van der Waals surface area contributed by atoms with Crippen LogP contribution >= 0.6 is 23.2 Å². The van der Waals surface area contributed by atoms with Crippen LogP contribution in [0, 0.1) is 12.4 Å². The number of benzene rings is 4. The minimum atomic E-state index is -1.03. The van der Waals surface area contributed by atoms with E-state index < -0.39 is 16.9 Å². The van der Waals surface area contributed by atoms with Crippen molar-refractivity contribution in [1.29, 1.82) is 0 Å². The van der Waals surface area contributed by atoms with Crippen LogP contribution in [0.3, 0.4) is 0 Å². The number of ether oxygens (including phenoxy) is 5. The van der Waals surface area contributed by atoms with E-state index in [2.05, 4.69) is 66.8 Å². The molecule has 2 bridgehead atoms. The van der Waals surface area contributed by atoms with Crippen molar-refractivity contribution < 1.29 is 42.5 Å². The summed E-state index contributed by atoms with van der Waals surface area (Å²) in [6.45, 7) is 28.1. The number of anilines is 2. The Labute approximate surface area is 547 Å². The third-order valence-electron chi connectivity index (χ3n) is 17.8. The van der Waals surface area contributed by atoms with Gasteiger partial charge in [-0.15, -0.1) is 5.10 Å². The second-order valence-electron chi connectivity index (χ2n) is 24.7. The van der Waals surface area contributed by atoms with Gasteiger partial charge in [0.1, 0.15) is 40.7 Å². The van der Waals surface area contributed by atoms with E-state index in [0.717, 1.165) is 28.7 Å². The van der Waals surface area contributed by atoms with Crippen LogP contribution < -0.4 is 20.7 Å². The molecule has 4 aliphatic rings. The second kappa shape index (κ2) is 29.5. The molecule has 92 heavy (non-hydrogen) atoms. The molecule has 3 atom stereocenters. The predicted octanol–water partition coefficient (Wildman–Crippen LogP) is 10.4. The first kappa shape index (κ1) is 67.1. The minimum Gasteiger partial charge on any atom is -0.493 e. The first-order chi connectivity index (χ1) is 44.2. The van der Waals surface area contributed by atoms with Crippen molar-refractivity contribution in [2.75, 3.05) is 123 Å². The van der Waals surface area contributed by atoms with Crippen molar-refractivity contribution in [1.82, 2.24) is 44.7 Å². The number of rotatable bonds is 23. The van der Waals surface area contributed by atoms with E-state index in [9.17, 15) is 14.0 Å². The number of aliphatic imine (C=N–C) groups is 1. The zero-order valence-electron chi connectivity index (χ0n) is 53.5. The Balaban J connectivity index is 0.637. The van der Waals surface area contributed by atoms with E-state index in [1.807, 2.05) is 76.2 Å². The number of nitrogens with zero attached hydrogens (tertiary/aromatic N) is 11. The number of piperazine rings is 1. The number of amidine groups is 1. The topological polar surface area (TPSA) is 212 Å². The molecule has 4 aromatic carbocycles. The lowest BCUT2D eigenvalue weighted by Gasteiger charge is -2.47. The SMILES string of the molecule is [C-]#[N+]c1c2c(nn1CCNC(=O)CCOCCOCCOCCOCCN1CCN(C(=O)N3C(c4ccc(C(C)(C)C)cc4OCC)=N[C@@](C)(c4ccc(Cl)cc4)[C@@]3(C)c3ccc(Cl)cc3)CC1)CN(C)C(=O)c1ccc(F)cc1[C@H]1CCCN1c1nc-2cnc1N. The first-order valence-corrected chi connectivity index (χ1v) is 32.2. The molecule has 6 heterocycles. The summed E-state index contributed by atoms with van der Waals surface area (Å²) in [6, 6.07) is 25.3. The number of halogens is 3. The van der Waals surface area contributed by atoms with Gasteiger partial charge in [0.25, 0.3) is 11.7 Å². The van der Waals surface area contributed by atoms with E-state index in [-0.39, 0.29) is 73.6 Å². The van der Waals surface area contributed by atoms with Gasteiger partial charge in [-0.1, -0.05) is 80.9 Å². The molecule has 21 nitrogen and oxygen atoms in total. The van der Waals surface area contributed by atoms with Crippen molar-refractivity contribution in [3.8, 4) is 17.0 Å². The minimum absolute atomic E-state index is 0.0210. The number of carbonyl (C=O) groups is 3. The van der Waals surface area contributed by atoms with Gasteiger partial charge in [0, 0.05) is 68.3 Å². The van der Waals surface area contributed by atoms with Crippen LogP contribution in [-0.2, 0) is 53.3 Å². The fourth-order valence-corrected chi connectivity index (χ4v) is 12.8. The summed E-state index contributed by atoms with van der Waals surface area (Å²) in [4.78, 5) is 70.8. The number of urea groups is 1. The highest BCUT2D eigenvalue weighted by atomic mass is 35.5. The lowest BCUT2D eigenvalue weighted by atomic mass is 9.71. The van der Waals surface area contributed by atoms with Crippen LogP contribution in [0.5, 0.6) is 5.75 Å². The fraction of sp³-hybridized carbons (Fsp3) is 0.471. The maximum atomic E-state index is 15.5. The quantitative estimate of drug-likeness (QED) is 0.0452. The molecule has 10 rings (SSSR count). The van der Waals surface area contributed by atoms with Crippen molar-refractivity contribution in [2.24, 2.45) is 4.99 Å². The van der Waals surface area contributed by atoms with Gasteiger partial charge in [0.15, 0.2) is 11.6 Å². The van der Waals surface area contributed by atoms with Gasteiger partial charge in [-0.25, -0.2) is 19.2 Å². The number of fused-ring (bicyclic) bond motifs is 8. The smallest absolute Gasteiger partial charge is 0.326 e. The van der Waals surface area contributed by atoms with Gasteiger partial charge >= 0.3 is 6.03 Å². The van der Waals surface area contributed by atoms with E-state index in [1.165, 1.54) is 34.0 Å². The second-order valence-corrected chi connectivity index (χ2v) is 25.5. The van der Waals surface area contributed by atoms with Gasteiger partial charge in [0.05, 0.1) is 102 Å². The lowest BCUT2D eigenvalue weighted by Crippen LogP contribution is -2.60. The molecule has 488 valence electrons. The van der Waals surface area contributed by atoms with Crippen LogP contribution in [-0.4, -0.2) is 175 Å². The molecule has 0 radical (unpaired) electrons. The number of carbonyl (C=O) groups excluding carboxylic acids is 3. The van der Waals surface area contributed by atoms with E-state index >= 15 is 4.79 Å². The molecule has 2 fully saturated rings. The standard InChI is InChI=1S/C68H82Cl2FN13O8/c1-9-92-57-41-47(66(2,3)4)16-22-52(57)61-77-67(5,45-12-17-48(69)18-13-45)68(6,46-14-19-49(70)20-15-46)84(61)65(87)81-30-28-80(29-31-81)32-34-89-36-38-91-40-39-90-37-35-88-33-24-58(85)74-25-27-83-62(73-7)59-54-43-75-60(72)63(76-54)82-26-10-11-56(82)53-42-50(71)21-23-51(53)64(86)79(8)44-55(59)78-83/h12-23,41-43,56H,9-11,24-40,44H2,1-6,8H3,(H2,72,75)(H,74,85)/t56-,67+,68-/m1/s1. The number of amides is 4. The van der Waals surface area contributed by atoms with E-state index in [4.69, 9.17) is 74.3 Å². The molecule has 4 aliphatic heterocycles. The van der Waals surface area contributed by atoms with Gasteiger partial charge in [-0.3, -0.25) is 24.4 Å². The Morgan fingerprint density at radius 1 is 0.826 bits per heavy atom. The Kier molecular flexibility index (Phi) is 21.5. The monoisotopic (exact) mass is 1300 g/mol. The summed E-state index contributed by atoms with van der Waals surface area (Å²) in [7, 11) is 1.64. The number of nitrogens with one attached hydrogen (secondary N) is 1. The van der Waals surface area contributed by atoms with Crippen LogP contribution in [0.2, 0.25) is 10.0 Å². The van der Waals surface area contributed by atoms with Crippen molar-refractivity contribution in [2.45, 2.75) is 96.4 Å². The van der Waals surface area contributed by atoms with Crippen LogP contribution in [0.4, 0.5) is 26.6 Å². The molecule has 6 aromatic rings. The molecular formula is C68H82Cl2FN13O8. The normalized spacial score (nSPS) is 19.2. The maximum absolute atomic E-state index is 15.5. The summed E-state index contributed by atoms with van der Waals surface area (Å²) < 4.78 is 45.7. The summed E-state index contributed by atoms with van der Waals surface area (Å²) in [5, 5.41) is 8.84. The summed E-state index contributed by atoms with van der Waals surface area (Å²) in [6.07, 6.45) is 3.02. The molecule has 0 aliphatic carbocycles. The predicted molar refractivity (Wildman–Crippen MR) is 352 cm³/mol. The molecule has 0 saturated carbocycles. The average molecular weight is 1300 g/mol. The van der Waals surface area contributed by atoms with E-state index in [0.29, 0.717) is 154 Å². The van der Waals surface area contributed by atoms with Crippen LogP contribution in [0.1, 0.15) is 111 Å². The summed E-state index contributed by atoms with van der Waals surface area (Å²) >= 11 is 13.0. The summed E-state index contributed by atoms with van der Waals surface area (Å²) in [5.74, 6) is 0.914. The third-order valence-corrected chi connectivity index (χ3v) is 18.3. The number of hydrogen-bond acceptors (Lipinski definition) is 15. The van der Waals surface area contributed by atoms with Crippen LogP contribution in [0.15, 0.2) is 96.1 Å². The largest absolute Gasteiger partial charge is 0.493 e. The molecule has 2 aromatic heterocycles.